The lowest BCUT2D eigenvalue weighted by molar-refractivity contribution is -0.115. The fourth-order valence-corrected chi connectivity index (χ4v) is 2.10. The number of rotatable bonds is 6. The molecule has 2 amide bonds. The molecule has 2 N–H and O–H groups in total. The van der Waals surface area contributed by atoms with Gasteiger partial charge in [-0.25, -0.2) is 0 Å². The smallest absolute Gasteiger partial charge is 0.255 e. The number of ether oxygens (including phenoxy) is 2. The molecule has 0 aliphatic rings. The summed E-state index contributed by atoms with van der Waals surface area (Å²) in [6.45, 7) is 0. The zero-order valence-corrected chi connectivity index (χ0v) is 13.8. The molecule has 0 bridgehead atoms. The largest absolute Gasteiger partial charge is 0.497 e. The monoisotopic (exact) mass is 339 g/mol. The van der Waals surface area contributed by atoms with Gasteiger partial charge in [-0.2, -0.15) is 5.26 Å². The molecule has 0 saturated carbocycles. The van der Waals surface area contributed by atoms with Crippen LogP contribution in [0.25, 0.3) is 0 Å². The Balaban J connectivity index is 2.24. The number of para-hydroxylation sites is 2. The van der Waals surface area contributed by atoms with Gasteiger partial charge in [-0.1, -0.05) is 12.1 Å². The quantitative estimate of drug-likeness (QED) is 0.843. The van der Waals surface area contributed by atoms with Crippen molar-refractivity contribution in [3.8, 4) is 17.6 Å². The molecule has 0 atom stereocenters. The van der Waals surface area contributed by atoms with Gasteiger partial charge >= 0.3 is 0 Å². The molecule has 7 heteroatoms. The van der Waals surface area contributed by atoms with Gasteiger partial charge in [0.1, 0.15) is 17.9 Å². The lowest BCUT2D eigenvalue weighted by Gasteiger charge is -2.13. The van der Waals surface area contributed by atoms with E-state index < -0.39 is 5.91 Å². The van der Waals surface area contributed by atoms with Crippen LogP contribution in [0, 0.1) is 11.3 Å². The molecule has 2 rings (SSSR count). The zero-order valence-electron chi connectivity index (χ0n) is 13.8. The Morgan fingerprint density at radius 1 is 1.00 bits per heavy atom. The molecule has 25 heavy (non-hydrogen) atoms. The minimum atomic E-state index is -0.452. The van der Waals surface area contributed by atoms with Gasteiger partial charge in [-0.05, 0) is 24.3 Å². The van der Waals surface area contributed by atoms with Gasteiger partial charge in [-0.3, -0.25) is 9.59 Å². The molecule has 0 fully saturated rings. The molecule has 128 valence electrons. The molecule has 0 radical (unpaired) electrons. The first-order valence-electron chi connectivity index (χ1n) is 7.37. The number of nitrogens with one attached hydrogen (secondary N) is 2. The molecule has 0 heterocycles. The SMILES string of the molecule is COc1cc(OC)cc(C(=O)Nc2ccccc2NC(=O)CC#N)c1. The number of carbonyl (C=O) groups is 2. The Bertz CT molecular complexity index is 805. The summed E-state index contributed by atoms with van der Waals surface area (Å²) < 4.78 is 10.3. The van der Waals surface area contributed by atoms with E-state index in [1.807, 2.05) is 0 Å². The number of methoxy groups -OCH3 is 2. The van der Waals surface area contributed by atoms with Crippen LogP contribution in [0.2, 0.25) is 0 Å². The molecule has 0 aliphatic carbocycles. The predicted molar refractivity (Wildman–Crippen MR) is 92.8 cm³/mol. The van der Waals surface area contributed by atoms with Crippen molar-refractivity contribution in [3.05, 3.63) is 48.0 Å². The van der Waals surface area contributed by atoms with E-state index >= 15 is 0 Å². The van der Waals surface area contributed by atoms with Crippen molar-refractivity contribution in [2.75, 3.05) is 24.9 Å². The maximum absolute atomic E-state index is 12.5. The molecule has 7 nitrogen and oxygen atoms in total. The maximum atomic E-state index is 12.5. The lowest BCUT2D eigenvalue weighted by Crippen LogP contribution is -2.16. The number of hydrogen-bond donors (Lipinski definition) is 2. The van der Waals surface area contributed by atoms with Gasteiger partial charge in [0.2, 0.25) is 5.91 Å². The summed E-state index contributed by atoms with van der Waals surface area (Å²) in [6.07, 6.45) is -0.268. The van der Waals surface area contributed by atoms with Crippen molar-refractivity contribution in [1.29, 1.82) is 5.26 Å². The van der Waals surface area contributed by atoms with Crippen molar-refractivity contribution < 1.29 is 19.1 Å². The summed E-state index contributed by atoms with van der Waals surface area (Å²) in [7, 11) is 2.99. The van der Waals surface area contributed by atoms with Crippen LogP contribution < -0.4 is 20.1 Å². The molecule has 0 aromatic heterocycles. The average Bonchev–Trinajstić information content (AvgIpc) is 2.63. The summed E-state index contributed by atoms with van der Waals surface area (Å²) in [5.41, 5.74) is 1.17. The Kier molecular flexibility index (Phi) is 5.96. The third-order valence-electron chi connectivity index (χ3n) is 3.30. The van der Waals surface area contributed by atoms with E-state index in [0.717, 1.165) is 0 Å². The summed E-state index contributed by atoms with van der Waals surface area (Å²) in [5, 5.41) is 13.9. The van der Waals surface area contributed by atoms with Crippen LogP contribution in [-0.4, -0.2) is 26.0 Å². The third kappa shape index (κ3) is 4.72. The average molecular weight is 339 g/mol. The first-order chi connectivity index (χ1) is 12.1. The number of amides is 2. The molecule has 2 aromatic carbocycles. The van der Waals surface area contributed by atoms with E-state index in [4.69, 9.17) is 14.7 Å². The molecular formula is C18H17N3O4. The fraction of sp³-hybridized carbons (Fsp3) is 0.167. The summed E-state index contributed by atoms with van der Waals surface area (Å²) in [6, 6.07) is 13.3. The lowest BCUT2D eigenvalue weighted by atomic mass is 10.1. The highest BCUT2D eigenvalue weighted by Gasteiger charge is 2.13. The number of anilines is 2. The first kappa shape index (κ1) is 17.8. The highest BCUT2D eigenvalue weighted by atomic mass is 16.5. The van der Waals surface area contributed by atoms with E-state index in [1.165, 1.54) is 14.2 Å². The van der Waals surface area contributed by atoms with Crippen LogP contribution in [0.4, 0.5) is 11.4 Å². The summed E-state index contributed by atoms with van der Waals surface area (Å²) >= 11 is 0. The molecule has 0 saturated heterocycles. The standard InChI is InChI=1S/C18H17N3O4/c1-24-13-9-12(10-14(11-13)25-2)18(23)21-16-6-4-3-5-15(16)20-17(22)7-8-19/h3-6,9-11H,7H2,1-2H3,(H,20,22)(H,21,23). The fourth-order valence-electron chi connectivity index (χ4n) is 2.10. The predicted octanol–water partition coefficient (Wildman–Crippen LogP) is 2.81. The van der Waals surface area contributed by atoms with Crippen molar-refractivity contribution in [2.24, 2.45) is 0 Å². The van der Waals surface area contributed by atoms with Crippen LogP contribution in [0.5, 0.6) is 11.5 Å². The molecule has 2 aromatic rings. The Hall–Kier alpha value is -3.53. The molecule has 0 aliphatic heterocycles. The van der Waals surface area contributed by atoms with E-state index in [-0.39, 0.29) is 12.3 Å². The highest BCUT2D eigenvalue weighted by Crippen LogP contribution is 2.25. The minimum Gasteiger partial charge on any atom is -0.497 e. The Morgan fingerprint density at radius 3 is 2.08 bits per heavy atom. The van der Waals surface area contributed by atoms with Crippen molar-refractivity contribution in [3.63, 3.8) is 0 Å². The van der Waals surface area contributed by atoms with Gasteiger partial charge in [0, 0.05) is 11.6 Å². The zero-order chi connectivity index (χ0) is 18.2. The van der Waals surface area contributed by atoms with Gasteiger partial charge < -0.3 is 20.1 Å². The third-order valence-corrected chi connectivity index (χ3v) is 3.30. The van der Waals surface area contributed by atoms with Crippen LogP contribution in [0.15, 0.2) is 42.5 Å². The summed E-state index contributed by atoms with van der Waals surface area (Å²) in [5.74, 6) is 0.131. The minimum absolute atomic E-state index is 0.268. The van der Waals surface area contributed by atoms with Gasteiger partial charge in [0.05, 0.1) is 31.7 Å². The van der Waals surface area contributed by atoms with Crippen molar-refractivity contribution in [1.82, 2.24) is 0 Å². The van der Waals surface area contributed by atoms with Gasteiger partial charge in [-0.15, -0.1) is 0 Å². The van der Waals surface area contributed by atoms with Crippen LogP contribution in [0.3, 0.4) is 0 Å². The first-order valence-corrected chi connectivity index (χ1v) is 7.37. The second kappa shape index (κ2) is 8.36. The summed E-state index contributed by atoms with van der Waals surface area (Å²) in [4.78, 5) is 24.1. The van der Waals surface area contributed by atoms with E-state index in [9.17, 15) is 9.59 Å². The molecule has 0 spiro atoms. The number of hydrogen-bond acceptors (Lipinski definition) is 5. The van der Waals surface area contributed by atoms with Crippen LogP contribution in [0.1, 0.15) is 16.8 Å². The number of benzene rings is 2. The maximum Gasteiger partial charge on any atom is 0.255 e. The highest BCUT2D eigenvalue weighted by molar-refractivity contribution is 6.07. The van der Waals surface area contributed by atoms with Crippen molar-refractivity contribution in [2.45, 2.75) is 6.42 Å². The topological polar surface area (TPSA) is 100 Å². The molecule has 0 unspecified atom stereocenters. The van der Waals surface area contributed by atoms with Gasteiger partial charge in [0.15, 0.2) is 0 Å². The van der Waals surface area contributed by atoms with E-state index in [1.54, 1.807) is 48.5 Å². The van der Waals surface area contributed by atoms with E-state index in [0.29, 0.717) is 28.4 Å². The number of carbonyl (C=O) groups excluding carboxylic acids is 2. The molecular weight excluding hydrogens is 322 g/mol. The Labute approximate surface area is 145 Å². The number of nitrogens with zero attached hydrogens (tertiary/aromatic N) is 1. The van der Waals surface area contributed by atoms with E-state index in [2.05, 4.69) is 10.6 Å². The van der Waals surface area contributed by atoms with Crippen molar-refractivity contribution >= 4 is 23.2 Å². The second-order valence-corrected chi connectivity index (χ2v) is 4.98. The van der Waals surface area contributed by atoms with Gasteiger partial charge in [0.25, 0.3) is 5.91 Å². The van der Waals surface area contributed by atoms with Crippen LogP contribution in [-0.2, 0) is 4.79 Å². The van der Waals surface area contributed by atoms with Crippen LogP contribution >= 0.6 is 0 Å². The normalized spacial score (nSPS) is 9.64. The second-order valence-electron chi connectivity index (χ2n) is 4.98. The Morgan fingerprint density at radius 2 is 1.56 bits per heavy atom. The number of nitriles is 1.